The van der Waals surface area contributed by atoms with Crippen molar-refractivity contribution in [3.05, 3.63) is 29.3 Å². The van der Waals surface area contributed by atoms with Crippen molar-refractivity contribution in [3.63, 3.8) is 0 Å². The van der Waals surface area contributed by atoms with Crippen LogP contribution in [0.4, 0.5) is 5.69 Å². The summed E-state index contributed by atoms with van der Waals surface area (Å²) in [6, 6.07) is 4.88. The fraction of sp³-hybridized carbons (Fsp3) is 0.632. The Balaban J connectivity index is 3.04. The number of anilines is 1. The lowest BCUT2D eigenvalue weighted by molar-refractivity contribution is -0.122. The summed E-state index contributed by atoms with van der Waals surface area (Å²) in [5.41, 5.74) is 2.35. The molecule has 148 valence electrons. The number of aryl methyl sites for hydroxylation is 2. The van der Waals surface area contributed by atoms with Crippen molar-refractivity contribution in [2.24, 2.45) is 0 Å². The van der Waals surface area contributed by atoms with E-state index in [1.165, 1.54) is 4.31 Å². The molecule has 1 rings (SSSR count). The highest BCUT2D eigenvalue weighted by Gasteiger charge is 2.32. The van der Waals surface area contributed by atoms with Crippen LogP contribution < -0.4 is 9.62 Å². The molecule has 26 heavy (non-hydrogen) atoms. The van der Waals surface area contributed by atoms with E-state index in [1.807, 2.05) is 39.0 Å². The highest BCUT2D eigenvalue weighted by Crippen LogP contribution is 2.27. The smallest absolute Gasteiger partial charge is 0.243 e. The van der Waals surface area contributed by atoms with Crippen molar-refractivity contribution in [3.8, 4) is 0 Å². The molecule has 1 atom stereocenters. The van der Waals surface area contributed by atoms with E-state index in [1.54, 1.807) is 11.8 Å². The first-order valence-electron chi connectivity index (χ1n) is 8.85. The van der Waals surface area contributed by atoms with Gasteiger partial charge in [-0.2, -0.15) is 11.8 Å². The van der Waals surface area contributed by atoms with Gasteiger partial charge in [-0.15, -0.1) is 0 Å². The lowest BCUT2D eigenvalue weighted by Crippen LogP contribution is -2.50. The summed E-state index contributed by atoms with van der Waals surface area (Å²) in [5.74, 6) is 0.530. The Morgan fingerprint density at radius 3 is 2.38 bits per heavy atom. The van der Waals surface area contributed by atoms with Gasteiger partial charge in [0.05, 0.1) is 11.9 Å². The van der Waals surface area contributed by atoms with Gasteiger partial charge in [0.15, 0.2) is 0 Å². The third-order valence-electron chi connectivity index (χ3n) is 3.87. The van der Waals surface area contributed by atoms with Crippen molar-refractivity contribution in [2.75, 3.05) is 22.9 Å². The van der Waals surface area contributed by atoms with Gasteiger partial charge < -0.3 is 5.32 Å². The Morgan fingerprint density at radius 2 is 1.88 bits per heavy atom. The summed E-state index contributed by atoms with van der Waals surface area (Å²) in [5, 5.41) is 2.90. The van der Waals surface area contributed by atoms with Crippen molar-refractivity contribution < 1.29 is 13.2 Å². The number of hydrogen-bond donors (Lipinski definition) is 1. The summed E-state index contributed by atoms with van der Waals surface area (Å²) < 4.78 is 26.4. The largest absolute Gasteiger partial charge is 0.353 e. The molecule has 0 fully saturated rings. The van der Waals surface area contributed by atoms with Gasteiger partial charge in [0.25, 0.3) is 0 Å². The van der Waals surface area contributed by atoms with E-state index in [-0.39, 0.29) is 10.7 Å². The van der Waals surface area contributed by atoms with E-state index < -0.39 is 16.1 Å². The standard InChI is InChI=1S/C19H32N2O3S2/c1-8-16(18(22)20-11-12-25-19(4,5)6)21(26(7,23)24)17-13-14(2)9-10-15(17)3/h9-10,13,16H,8,11-12H2,1-7H3,(H,20,22)/t16-/m1/s1. The lowest BCUT2D eigenvalue weighted by atomic mass is 10.1. The van der Waals surface area contributed by atoms with E-state index in [9.17, 15) is 13.2 Å². The van der Waals surface area contributed by atoms with Crippen LogP contribution in [-0.2, 0) is 14.8 Å². The molecule has 0 unspecified atom stereocenters. The van der Waals surface area contributed by atoms with Crippen molar-refractivity contribution >= 4 is 33.4 Å². The van der Waals surface area contributed by atoms with Crippen LogP contribution in [0.5, 0.6) is 0 Å². The molecule has 7 heteroatoms. The van der Waals surface area contributed by atoms with E-state index in [0.717, 1.165) is 23.1 Å². The quantitative estimate of drug-likeness (QED) is 0.678. The Morgan fingerprint density at radius 1 is 1.27 bits per heavy atom. The molecule has 0 aromatic heterocycles. The van der Waals surface area contributed by atoms with Gasteiger partial charge in [-0.25, -0.2) is 8.42 Å². The molecule has 1 amide bonds. The summed E-state index contributed by atoms with van der Waals surface area (Å²) in [6.45, 7) is 12.5. The molecule has 1 N–H and O–H groups in total. The number of nitrogens with zero attached hydrogens (tertiary/aromatic N) is 1. The van der Waals surface area contributed by atoms with Crippen molar-refractivity contribution in [1.29, 1.82) is 0 Å². The highest BCUT2D eigenvalue weighted by atomic mass is 32.2. The van der Waals surface area contributed by atoms with Gasteiger partial charge in [-0.1, -0.05) is 39.8 Å². The molecular formula is C19H32N2O3S2. The van der Waals surface area contributed by atoms with Crippen LogP contribution in [0.1, 0.15) is 45.2 Å². The van der Waals surface area contributed by atoms with Gasteiger partial charge in [0.1, 0.15) is 6.04 Å². The zero-order valence-electron chi connectivity index (χ0n) is 16.9. The van der Waals surface area contributed by atoms with Gasteiger partial charge in [0.2, 0.25) is 15.9 Å². The molecule has 1 aromatic carbocycles. The van der Waals surface area contributed by atoms with Crippen LogP contribution >= 0.6 is 11.8 Å². The number of carbonyl (C=O) groups excluding carboxylic acids is 1. The van der Waals surface area contributed by atoms with E-state index in [0.29, 0.717) is 18.7 Å². The summed E-state index contributed by atoms with van der Waals surface area (Å²) in [4.78, 5) is 12.7. The van der Waals surface area contributed by atoms with E-state index in [2.05, 4.69) is 26.1 Å². The van der Waals surface area contributed by atoms with Gasteiger partial charge in [0, 0.05) is 17.0 Å². The van der Waals surface area contributed by atoms with Crippen LogP contribution in [0.25, 0.3) is 0 Å². The molecule has 0 heterocycles. The third-order valence-corrected chi connectivity index (χ3v) is 6.31. The topological polar surface area (TPSA) is 66.5 Å². The predicted octanol–water partition coefficient (Wildman–Crippen LogP) is 3.50. The highest BCUT2D eigenvalue weighted by molar-refractivity contribution is 8.00. The Labute approximate surface area is 163 Å². The zero-order valence-corrected chi connectivity index (χ0v) is 18.6. The normalized spacial score (nSPS) is 13.3. The Bertz CT molecular complexity index is 725. The molecule has 0 radical (unpaired) electrons. The maximum absolute atomic E-state index is 12.7. The van der Waals surface area contributed by atoms with Gasteiger partial charge in [-0.3, -0.25) is 9.10 Å². The fourth-order valence-corrected chi connectivity index (χ4v) is 4.72. The monoisotopic (exact) mass is 400 g/mol. The second-order valence-electron chi connectivity index (χ2n) is 7.52. The molecule has 0 saturated carbocycles. The molecule has 0 spiro atoms. The molecule has 1 aromatic rings. The van der Waals surface area contributed by atoms with Crippen LogP contribution in [0.15, 0.2) is 18.2 Å². The second-order valence-corrected chi connectivity index (χ2v) is 11.3. The lowest BCUT2D eigenvalue weighted by Gasteiger charge is -2.31. The molecular weight excluding hydrogens is 368 g/mol. The maximum atomic E-state index is 12.7. The van der Waals surface area contributed by atoms with Crippen molar-refractivity contribution in [1.82, 2.24) is 5.32 Å². The summed E-state index contributed by atoms with van der Waals surface area (Å²) in [7, 11) is -3.60. The minimum absolute atomic E-state index is 0.131. The first-order valence-corrected chi connectivity index (χ1v) is 11.7. The van der Waals surface area contributed by atoms with Gasteiger partial charge in [-0.05, 0) is 37.5 Å². The zero-order chi connectivity index (χ0) is 20.1. The van der Waals surface area contributed by atoms with Gasteiger partial charge >= 0.3 is 0 Å². The minimum Gasteiger partial charge on any atom is -0.353 e. The summed E-state index contributed by atoms with van der Waals surface area (Å²) >= 11 is 1.76. The average Bonchev–Trinajstić information content (AvgIpc) is 2.49. The Hall–Kier alpha value is -1.21. The van der Waals surface area contributed by atoms with Crippen LogP contribution in [0, 0.1) is 13.8 Å². The van der Waals surface area contributed by atoms with Crippen LogP contribution in [0.3, 0.4) is 0 Å². The summed E-state index contributed by atoms with van der Waals surface area (Å²) in [6.07, 6.45) is 1.55. The number of nitrogens with one attached hydrogen (secondary N) is 1. The first-order chi connectivity index (χ1) is 11.9. The minimum atomic E-state index is -3.60. The number of benzene rings is 1. The first kappa shape index (κ1) is 22.8. The van der Waals surface area contributed by atoms with Crippen LogP contribution in [0.2, 0.25) is 0 Å². The van der Waals surface area contributed by atoms with E-state index in [4.69, 9.17) is 0 Å². The predicted molar refractivity (Wildman–Crippen MR) is 113 cm³/mol. The maximum Gasteiger partial charge on any atom is 0.243 e. The number of sulfonamides is 1. The van der Waals surface area contributed by atoms with Crippen molar-refractivity contribution in [2.45, 2.75) is 58.8 Å². The number of rotatable bonds is 8. The molecule has 0 aliphatic carbocycles. The number of amides is 1. The fourth-order valence-electron chi connectivity index (χ4n) is 2.64. The second kappa shape index (κ2) is 9.13. The van der Waals surface area contributed by atoms with Crippen LogP contribution in [-0.4, -0.2) is 43.7 Å². The Kier molecular flexibility index (Phi) is 8.02. The molecule has 0 bridgehead atoms. The number of carbonyl (C=O) groups is 1. The SMILES string of the molecule is CC[C@H](C(=O)NCCSC(C)(C)C)N(c1cc(C)ccc1C)S(C)(=O)=O. The molecule has 0 saturated heterocycles. The molecule has 5 nitrogen and oxygen atoms in total. The average molecular weight is 401 g/mol. The number of hydrogen-bond acceptors (Lipinski definition) is 4. The number of thioether (sulfide) groups is 1. The van der Waals surface area contributed by atoms with E-state index >= 15 is 0 Å². The molecule has 0 aliphatic rings. The third kappa shape index (κ3) is 6.83. The molecule has 0 aliphatic heterocycles.